The van der Waals surface area contributed by atoms with Crippen molar-refractivity contribution in [2.24, 2.45) is 5.16 Å². The summed E-state index contributed by atoms with van der Waals surface area (Å²) in [6.07, 6.45) is 7.68. The minimum Gasteiger partial charge on any atom is -0.478 e. The summed E-state index contributed by atoms with van der Waals surface area (Å²) in [4.78, 5) is 60.2. The lowest BCUT2D eigenvalue weighted by Gasteiger charge is -2.49. The van der Waals surface area contributed by atoms with E-state index in [-0.39, 0.29) is 27.4 Å². The predicted molar refractivity (Wildman–Crippen MR) is 163 cm³/mol. The molecule has 5 rings (SSSR count). The molecule has 1 aliphatic carbocycles. The number of carbonyl (C=O) groups excluding carboxylic acids is 2. The maximum atomic E-state index is 13.3. The average molecular weight is 663 g/mol. The third-order valence-corrected chi connectivity index (χ3v) is 9.72. The fourth-order valence-corrected chi connectivity index (χ4v) is 7.35. The van der Waals surface area contributed by atoms with E-state index in [0.717, 1.165) is 29.9 Å². The summed E-state index contributed by atoms with van der Waals surface area (Å²) < 4.78 is 1.90. The zero-order chi connectivity index (χ0) is 31.7. The van der Waals surface area contributed by atoms with Gasteiger partial charge in [0.15, 0.2) is 29.8 Å². The lowest BCUT2D eigenvalue weighted by molar-refractivity contribution is -0.689. The third-order valence-electron chi connectivity index (χ3n) is 7.30. The van der Waals surface area contributed by atoms with Crippen LogP contribution < -0.4 is 20.9 Å². The normalized spacial score (nSPS) is 21.4. The van der Waals surface area contributed by atoms with Gasteiger partial charge in [0.25, 0.3) is 11.8 Å². The number of nitrogens with two attached hydrogens (primary N) is 1. The minimum absolute atomic E-state index is 0.00496. The summed E-state index contributed by atoms with van der Waals surface area (Å²) in [5.74, 6) is -3.49. The van der Waals surface area contributed by atoms with Gasteiger partial charge in [-0.05, 0) is 32.5 Å². The number of carboxylic acid groups (broad SMARTS) is 2. The van der Waals surface area contributed by atoms with Crippen molar-refractivity contribution in [2.45, 2.75) is 43.3 Å². The van der Waals surface area contributed by atoms with Gasteiger partial charge in [0, 0.05) is 28.9 Å². The van der Waals surface area contributed by atoms with Crippen LogP contribution in [-0.4, -0.2) is 86.4 Å². The van der Waals surface area contributed by atoms with Crippen LogP contribution in [0.15, 0.2) is 41.0 Å². The number of carbonyl (C=O) groups is 4. The van der Waals surface area contributed by atoms with Gasteiger partial charge >= 0.3 is 11.9 Å². The molecular weight excluding hydrogens is 634 g/mol. The second kappa shape index (κ2) is 12.9. The molecule has 2 aromatic heterocycles. The van der Waals surface area contributed by atoms with E-state index in [0.29, 0.717) is 17.2 Å². The van der Waals surface area contributed by atoms with Crippen LogP contribution in [-0.2, 0) is 30.6 Å². The Labute approximate surface area is 264 Å². The van der Waals surface area contributed by atoms with Crippen molar-refractivity contribution in [1.29, 1.82) is 0 Å². The number of thiazole rings is 1. The molecule has 0 aromatic carbocycles. The molecule has 2 amide bonds. The second-order valence-corrected chi connectivity index (χ2v) is 12.9. The first-order chi connectivity index (χ1) is 21.0. The Morgan fingerprint density at radius 2 is 2.14 bits per heavy atom. The van der Waals surface area contributed by atoms with E-state index in [1.54, 1.807) is 0 Å². The molecule has 6 N–H and O–H groups in total. The number of pyridine rings is 1. The minimum atomic E-state index is -1.40. The molecule has 2 aromatic rings. The number of β-lactam (4-membered cyclic amide) rings is 1. The highest BCUT2D eigenvalue weighted by molar-refractivity contribution is 8.00. The van der Waals surface area contributed by atoms with Gasteiger partial charge < -0.3 is 31.4 Å². The molecule has 3 aliphatic rings. The van der Waals surface area contributed by atoms with Crippen LogP contribution in [0.5, 0.6) is 0 Å². The number of hydrogen-bond acceptors (Lipinski definition) is 11. The van der Waals surface area contributed by atoms with Crippen LogP contribution in [0.3, 0.4) is 0 Å². The number of thioether (sulfide) groups is 1. The van der Waals surface area contributed by atoms with Gasteiger partial charge in [-0.25, -0.2) is 19.1 Å². The van der Waals surface area contributed by atoms with Crippen molar-refractivity contribution in [3.8, 4) is 0 Å². The molecule has 0 spiro atoms. The van der Waals surface area contributed by atoms with Crippen LogP contribution in [0.25, 0.3) is 6.08 Å². The smallest absolute Gasteiger partial charge is 0.352 e. The third kappa shape index (κ3) is 6.15. The van der Waals surface area contributed by atoms with Crippen molar-refractivity contribution < 1.29 is 38.8 Å². The lowest BCUT2D eigenvalue weighted by atomic mass is 9.99. The number of hydrogen-bond donors (Lipinski definition) is 5. The van der Waals surface area contributed by atoms with Crippen LogP contribution in [0.1, 0.15) is 36.1 Å². The number of anilines is 1. The predicted octanol–water partition coefficient (Wildman–Crippen LogP) is 1.02. The molecule has 4 atom stereocenters. The first-order valence-electron chi connectivity index (χ1n) is 13.5. The summed E-state index contributed by atoms with van der Waals surface area (Å²) in [7, 11) is 1.92. The fraction of sp³-hybridized carbons (Fsp3) is 0.370. The SMILES string of the molecule is CNCCC1C=Cc2c[n+](CC3=C(C(=O)O)N4C(=O)[C@@H](NC(=O)/C(=N\O[C@@H](C)C(=O)O)c5nc(N)sc5Cl)[C@H]4SC3)ccc21. The van der Waals surface area contributed by atoms with Gasteiger partial charge in [-0.15, -0.1) is 11.8 Å². The van der Waals surface area contributed by atoms with E-state index < -0.39 is 47.0 Å². The summed E-state index contributed by atoms with van der Waals surface area (Å²) in [5, 5.41) is 27.9. The Morgan fingerprint density at radius 3 is 2.80 bits per heavy atom. The number of amides is 2. The maximum absolute atomic E-state index is 13.3. The Kier molecular flexibility index (Phi) is 9.24. The van der Waals surface area contributed by atoms with E-state index >= 15 is 0 Å². The molecule has 232 valence electrons. The largest absolute Gasteiger partial charge is 0.478 e. The molecule has 0 bridgehead atoms. The van der Waals surface area contributed by atoms with E-state index in [1.165, 1.54) is 29.1 Å². The highest BCUT2D eigenvalue weighted by Crippen LogP contribution is 2.40. The first-order valence-corrected chi connectivity index (χ1v) is 15.7. The van der Waals surface area contributed by atoms with Gasteiger partial charge in [-0.3, -0.25) is 14.5 Å². The number of nitrogens with zero attached hydrogens (tertiary/aromatic N) is 4. The van der Waals surface area contributed by atoms with Crippen molar-refractivity contribution in [3.05, 3.63) is 57.0 Å². The molecule has 4 heterocycles. The van der Waals surface area contributed by atoms with Crippen molar-refractivity contribution in [3.63, 3.8) is 0 Å². The zero-order valence-electron chi connectivity index (χ0n) is 23.5. The zero-order valence-corrected chi connectivity index (χ0v) is 25.9. The summed E-state index contributed by atoms with van der Waals surface area (Å²) in [6, 6.07) is 0.950. The van der Waals surface area contributed by atoms with Crippen LogP contribution in [0, 0.1) is 0 Å². The Hall–Kier alpha value is -3.99. The van der Waals surface area contributed by atoms with Crippen LogP contribution in [0.4, 0.5) is 5.13 Å². The first kappa shape index (κ1) is 31.4. The molecular formula is C27H29ClN7O7S2+. The van der Waals surface area contributed by atoms with Gasteiger partial charge in [-0.2, -0.15) is 0 Å². The van der Waals surface area contributed by atoms with Gasteiger partial charge in [0.05, 0.1) is 0 Å². The molecule has 0 saturated carbocycles. The monoisotopic (exact) mass is 662 g/mol. The number of carboxylic acids is 2. The Balaban J connectivity index is 1.33. The van der Waals surface area contributed by atoms with E-state index in [4.69, 9.17) is 27.3 Å². The number of nitrogens with one attached hydrogen (secondary N) is 2. The van der Waals surface area contributed by atoms with Crippen molar-refractivity contribution in [2.75, 3.05) is 25.1 Å². The number of aromatic nitrogens is 2. The fourth-order valence-electron chi connectivity index (χ4n) is 5.09. The van der Waals surface area contributed by atoms with E-state index in [1.807, 2.05) is 30.1 Å². The average Bonchev–Trinajstić information content (AvgIpc) is 3.55. The van der Waals surface area contributed by atoms with Gasteiger partial charge in [0.2, 0.25) is 6.10 Å². The number of allylic oxidation sites excluding steroid dienone is 1. The number of aliphatic carboxylic acids is 2. The number of oxime groups is 1. The Bertz CT molecular complexity index is 1630. The number of halogens is 1. The van der Waals surface area contributed by atoms with Gasteiger partial charge in [-0.1, -0.05) is 40.2 Å². The molecule has 1 unspecified atom stereocenters. The molecule has 17 heteroatoms. The molecule has 14 nitrogen and oxygen atoms in total. The standard InChI is InChI=1S/C27H28ClN7O7S2/c1-12(25(38)39)42-33-18(17-21(28)44-27(29)32-17)22(36)31-19-23(37)35-20(26(40)41)15(11-43-24(19)35)10-34-8-6-16-13(5-7-30-2)3-4-14(16)9-34/h3-4,6,8-9,12-13,19,24,30H,5,7,10-11H2,1-2H3,(H4-,29,31,32,36,38,39,40,41)/p+1/b33-18-/t12-,13?,19+,24+/m0/s1. The number of rotatable bonds is 12. The Morgan fingerprint density at radius 1 is 1.36 bits per heavy atom. The van der Waals surface area contributed by atoms with E-state index in [2.05, 4.69) is 32.9 Å². The highest BCUT2D eigenvalue weighted by Gasteiger charge is 2.55. The molecule has 0 radical (unpaired) electrons. The number of nitrogen functional groups attached to an aromatic ring is 1. The molecule has 44 heavy (non-hydrogen) atoms. The summed E-state index contributed by atoms with van der Waals surface area (Å²) in [5.41, 5.74) is 7.79. The van der Waals surface area contributed by atoms with E-state index in [9.17, 15) is 24.3 Å². The van der Waals surface area contributed by atoms with Crippen molar-refractivity contribution in [1.82, 2.24) is 20.5 Å². The highest BCUT2D eigenvalue weighted by atomic mass is 35.5. The summed E-state index contributed by atoms with van der Waals surface area (Å²) >= 11 is 8.35. The van der Waals surface area contributed by atoms with Gasteiger partial charge in [0.1, 0.15) is 27.1 Å². The topological polar surface area (TPSA) is 200 Å². The lowest BCUT2D eigenvalue weighted by Crippen LogP contribution is -2.71. The molecule has 2 aliphatic heterocycles. The molecule has 1 fully saturated rings. The number of fused-ring (bicyclic) bond motifs is 2. The van der Waals surface area contributed by atoms with Crippen LogP contribution >= 0.6 is 34.7 Å². The van der Waals surface area contributed by atoms with Crippen LogP contribution in [0.2, 0.25) is 4.34 Å². The summed E-state index contributed by atoms with van der Waals surface area (Å²) in [6.45, 7) is 2.37. The quantitative estimate of drug-likeness (QED) is 0.0940. The maximum Gasteiger partial charge on any atom is 0.352 e. The second-order valence-electron chi connectivity index (χ2n) is 10.2. The molecule has 1 saturated heterocycles. The van der Waals surface area contributed by atoms with Crippen molar-refractivity contribution >= 4 is 75.4 Å².